The number of aromatic nitrogens is 1. The summed E-state index contributed by atoms with van der Waals surface area (Å²) in [6.45, 7) is 1.71. The smallest absolute Gasteiger partial charge is 0.340 e. The molecule has 0 aliphatic heterocycles. The molecule has 0 aliphatic carbocycles. The van der Waals surface area contributed by atoms with Crippen LogP contribution in [0.15, 0.2) is 48.7 Å². The minimum Gasteiger partial charge on any atom is -0.465 e. The van der Waals surface area contributed by atoms with Crippen LogP contribution in [0, 0.1) is 12.7 Å². The molecule has 3 aromatic rings. The van der Waals surface area contributed by atoms with Crippen molar-refractivity contribution >= 4 is 28.2 Å². The van der Waals surface area contributed by atoms with E-state index in [9.17, 15) is 9.18 Å². The lowest BCUT2D eigenvalue weighted by atomic mass is 10.1. The molecule has 1 N–H and O–H groups in total. The van der Waals surface area contributed by atoms with E-state index in [2.05, 4.69) is 10.3 Å². The van der Waals surface area contributed by atoms with Gasteiger partial charge in [-0.05, 0) is 24.6 Å². The van der Waals surface area contributed by atoms with E-state index in [0.29, 0.717) is 22.6 Å². The molecule has 4 nitrogen and oxygen atoms in total. The Labute approximate surface area is 132 Å². The minimum absolute atomic E-state index is 0.287. The topological polar surface area (TPSA) is 51.2 Å². The van der Waals surface area contributed by atoms with Gasteiger partial charge >= 0.3 is 5.97 Å². The second-order valence-corrected chi connectivity index (χ2v) is 5.15. The van der Waals surface area contributed by atoms with E-state index in [1.54, 1.807) is 19.1 Å². The summed E-state index contributed by atoms with van der Waals surface area (Å²) in [5, 5.41) is 4.58. The van der Waals surface area contributed by atoms with Gasteiger partial charge in [0, 0.05) is 22.7 Å². The standard InChI is InChI=1S/C18H15FN2O2/c1-11-7-8-12(9-16(11)19)21-17-14-6-4-3-5-13(14)15(10-20-17)18(22)23-2/h3-10H,1-2H3,(H,20,21). The molecule has 0 radical (unpaired) electrons. The summed E-state index contributed by atoms with van der Waals surface area (Å²) in [5.41, 5.74) is 1.56. The van der Waals surface area contributed by atoms with Crippen LogP contribution in [0.5, 0.6) is 0 Å². The quantitative estimate of drug-likeness (QED) is 0.736. The third-order valence-corrected chi connectivity index (χ3v) is 3.63. The minimum atomic E-state index is -0.443. The molecule has 5 heteroatoms. The SMILES string of the molecule is COC(=O)c1cnc(Nc2ccc(C)c(F)c2)c2ccccc12. The number of nitrogens with zero attached hydrogens (tertiary/aromatic N) is 1. The van der Waals surface area contributed by atoms with Crippen molar-refractivity contribution in [2.24, 2.45) is 0 Å². The molecule has 0 saturated heterocycles. The molecule has 0 aliphatic rings. The maximum Gasteiger partial charge on any atom is 0.340 e. The Hall–Kier alpha value is -2.95. The Morgan fingerprint density at radius 2 is 1.91 bits per heavy atom. The third kappa shape index (κ3) is 2.85. The van der Waals surface area contributed by atoms with Gasteiger partial charge in [0.25, 0.3) is 0 Å². The van der Waals surface area contributed by atoms with Crippen molar-refractivity contribution in [3.8, 4) is 0 Å². The molecular weight excluding hydrogens is 295 g/mol. The van der Waals surface area contributed by atoms with E-state index in [-0.39, 0.29) is 5.82 Å². The Morgan fingerprint density at radius 3 is 2.61 bits per heavy atom. The lowest BCUT2D eigenvalue weighted by molar-refractivity contribution is 0.0602. The lowest BCUT2D eigenvalue weighted by Crippen LogP contribution is -2.05. The van der Waals surface area contributed by atoms with Crippen LogP contribution in [0.4, 0.5) is 15.9 Å². The number of hydrogen-bond donors (Lipinski definition) is 1. The van der Waals surface area contributed by atoms with Gasteiger partial charge in [0.1, 0.15) is 11.6 Å². The van der Waals surface area contributed by atoms with E-state index in [4.69, 9.17) is 4.74 Å². The average Bonchev–Trinajstić information content (AvgIpc) is 2.58. The monoisotopic (exact) mass is 310 g/mol. The highest BCUT2D eigenvalue weighted by Gasteiger charge is 2.14. The summed E-state index contributed by atoms with van der Waals surface area (Å²) in [6, 6.07) is 12.3. The van der Waals surface area contributed by atoms with Crippen LogP contribution in [0.3, 0.4) is 0 Å². The van der Waals surface area contributed by atoms with Crippen molar-refractivity contribution in [1.29, 1.82) is 0 Å². The van der Waals surface area contributed by atoms with Crippen LogP contribution in [0.2, 0.25) is 0 Å². The fourth-order valence-electron chi connectivity index (χ4n) is 2.37. The Balaban J connectivity index is 2.08. The largest absolute Gasteiger partial charge is 0.465 e. The summed E-state index contributed by atoms with van der Waals surface area (Å²) >= 11 is 0. The van der Waals surface area contributed by atoms with Crippen molar-refractivity contribution in [3.05, 3.63) is 65.6 Å². The predicted octanol–water partition coefficient (Wildman–Crippen LogP) is 4.21. The van der Waals surface area contributed by atoms with Gasteiger partial charge in [0.05, 0.1) is 12.7 Å². The normalized spacial score (nSPS) is 10.6. The van der Waals surface area contributed by atoms with Crippen LogP contribution in [-0.4, -0.2) is 18.1 Å². The predicted molar refractivity (Wildman–Crippen MR) is 87.5 cm³/mol. The van der Waals surface area contributed by atoms with Gasteiger partial charge < -0.3 is 10.1 Å². The number of rotatable bonds is 3. The van der Waals surface area contributed by atoms with Gasteiger partial charge in [0.15, 0.2) is 0 Å². The van der Waals surface area contributed by atoms with Crippen LogP contribution >= 0.6 is 0 Å². The lowest BCUT2D eigenvalue weighted by Gasteiger charge is -2.11. The number of esters is 1. The number of pyridine rings is 1. The fourth-order valence-corrected chi connectivity index (χ4v) is 2.37. The zero-order valence-corrected chi connectivity index (χ0v) is 12.8. The van der Waals surface area contributed by atoms with Crippen LogP contribution < -0.4 is 5.32 Å². The van der Waals surface area contributed by atoms with Gasteiger partial charge in [-0.1, -0.05) is 30.3 Å². The van der Waals surface area contributed by atoms with Gasteiger partial charge in [-0.2, -0.15) is 0 Å². The van der Waals surface area contributed by atoms with E-state index in [1.807, 2.05) is 24.3 Å². The summed E-state index contributed by atoms with van der Waals surface area (Å²) in [4.78, 5) is 16.1. The number of fused-ring (bicyclic) bond motifs is 1. The molecule has 0 bridgehead atoms. The van der Waals surface area contributed by atoms with Gasteiger partial charge in [-0.25, -0.2) is 14.2 Å². The first-order valence-corrected chi connectivity index (χ1v) is 7.09. The molecule has 0 amide bonds. The molecule has 0 unspecified atom stereocenters. The Morgan fingerprint density at radius 1 is 1.17 bits per heavy atom. The summed E-state index contributed by atoms with van der Waals surface area (Å²) in [7, 11) is 1.33. The maximum atomic E-state index is 13.7. The van der Waals surface area contributed by atoms with Crippen molar-refractivity contribution in [1.82, 2.24) is 4.98 Å². The summed E-state index contributed by atoms with van der Waals surface area (Å²) in [5.74, 6) is -0.177. The molecule has 116 valence electrons. The number of benzene rings is 2. The molecular formula is C18H15FN2O2. The third-order valence-electron chi connectivity index (χ3n) is 3.63. The number of carbonyl (C=O) groups is 1. The number of methoxy groups -OCH3 is 1. The molecule has 3 rings (SSSR count). The number of nitrogens with one attached hydrogen (secondary N) is 1. The van der Waals surface area contributed by atoms with Crippen LogP contribution in [0.25, 0.3) is 10.8 Å². The highest BCUT2D eigenvalue weighted by Crippen LogP contribution is 2.27. The second-order valence-electron chi connectivity index (χ2n) is 5.15. The maximum absolute atomic E-state index is 13.7. The van der Waals surface area contributed by atoms with Gasteiger partial charge in [-0.3, -0.25) is 0 Å². The number of halogens is 1. The van der Waals surface area contributed by atoms with Gasteiger partial charge in [0.2, 0.25) is 0 Å². The van der Waals surface area contributed by atoms with E-state index >= 15 is 0 Å². The van der Waals surface area contributed by atoms with Crippen molar-refractivity contribution in [2.75, 3.05) is 12.4 Å². The first-order chi connectivity index (χ1) is 11.1. The number of ether oxygens (including phenoxy) is 1. The molecule has 0 saturated carbocycles. The molecule has 1 heterocycles. The summed E-state index contributed by atoms with van der Waals surface area (Å²) in [6.07, 6.45) is 1.46. The first-order valence-electron chi connectivity index (χ1n) is 7.09. The molecule has 23 heavy (non-hydrogen) atoms. The zero-order chi connectivity index (χ0) is 16.4. The molecule has 1 aromatic heterocycles. The Kier molecular flexibility index (Phi) is 3.93. The molecule has 2 aromatic carbocycles. The molecule has 0 atom stereocenters. The molecule has 0 spiro atoms. The summed E-state index contributed by atoms with van der Waals surface area (Å²) < 4.78 is 18.5. The number of hydrogen-bond acceptors (Lipinski definition) is 4. The molecule has 0 fully saturated rings. The fraction of sp³-hybridized carbons (Fsp3) is 0.111. The highest BCUT2D eigenvalue weighted by molar-refractivity contribution is 6.07. The van der Waals surface area contributed by atoms with Crippen molar-refractivity contribution in [3.63, 3.8) is 0 Å². The zero-order valence-electron chi connectivity index (χ0n) is 12.8. The second kappa shape index (κ2) is 6.04. The average molecular weight is 310 g/mol. The number of aryl methyl sites for hydroxylation is 1. The number of carbonyl (C=O) groups excluding carboxylic acids is 1. The number of anilines is 2. The van der Waals surface area contributed by atoms with Crippen molar-refractivity contribution < 1.29 is 13.9 Å². The van der Waals surface area contributed by atoms with Crippen molar-refractivity contribution in [2.45, 2.75) is 6.92 Å². The van der Waals surface area contributed by atoms with Gasteiger partial charge in [-0.15, -0.1) is 0 Å². The van der Waals surface area contributed by atoms with E-state index < -0.39 is 5.97 Å². The van der Waals surface area contributed by atoms with E-state index in [1.165, 1.54) is 19.4 Å². The Bertz CT molecular complexity index is 893. The van der Waals surface area contributed by atoms with Crippen LogP contribution in [0.1, 0.15) is 15.9 Å². The van der Waals surface area contributed by atoms with E-state index in [0.717, 1.165) is 10.8 Å². The highest BCUT2D eigenvalue weighted by atomic mass is 19.1. The van der Waals surface area contributed by atoms with Crippen LogP contribution in [-0.2, 0) is 4.74 Å². The first kappa shape index (κ1) is 15.0.